The monoisotopic (exact) mass is 447 g/mol. The van der Waals surface area contributed by atoms with E-state index in [0.717, 1.165) is 0 Å². The van der Waals surface area contributed by atoms with Gasteiger partial charge in [0.15, 0.2) is 11.5 Å². The van der Waals surface area contributed by atoms with Gasteiger partial charge < -0.3 is 14.8 Å². The van der Waals surface area contributed by atoms with Crippen molar-refractivity contribution in [1.82, 2.24) is 10.7 Å². The van der Waals surface area contributed by atoms with Crippen molar-refractivity contribution in [2.24, 2.45) is 5.10 Å². The molecule has 146 valence electrons. The molecule has 28 heavy (non-hydrogen) atoms. The minimum absolute atomic E-state index is 0.230. The third kappa shape index (κ3) is 6.20. The van der Waals surface area contributed by atoms with E-state index >= 15 is 0 Å². The molecule has 0 bridgehead atoms. The number of hydrogen-bond acceptors (Lipinski definition) is 6. The Kier molecular flexibility index (Phi) is 7.70. The van der Waals surface area contributed by atoms with Gasteiger partial charge in [-0.3, -0.25) is 14.4 Å². The van der Waals surface area contributed by atoms with Crippen LogP contribution in [0.2, 0.25) is 0 Å². The maximum absolute atomic E-state index is 12.0. The molecule has 2 aromatic rings. The summed E-state index contributed by atoms with van der Waals surface area (Å²) in [6, 6.07) is 11.7. The molecule has 8 nitrogen and oxygen atoms in total. The van der Waals surface area contributed by atoms with Crippen LogP contribution in [0.4, 0.5) is 0 Å². The SMILES string of the molecule is COc1cc(/C=N\NC(=O)CNC(=O)c2ccccc2Br)ccc1OC(C)=O. The highest BCUT2D eigenvalue weighted by Crippen LogP contribution is 2.27. The van der Waals surface area contributed by atoms with Gasteiger partial charge in [0.2, 0.25) is 0 Å². The number of esters is 1. The molecule has 0 aliphatic rings. The zero-order valence-corrected chi connectivity index (χ0v) is 16.8. The average Bonchev–Trinajstić information content (AvgIpc) is 2.67. The third-order valence-electron chi connectivity index (χ3n) is 3.37. The van der Waals surface area contributed by atoms with E-state index in [2.05, 4.69) is 31.8 Å². The fourth-order valence-electron chi connectivity index (χ4n) is 2.12. The van der Waals surface area contributed by atoms with E-state index in [9.17, 15) is 14.4 Å². The van der Waals surface area contributed by atoms with Crippen molar-refractivity contribution in [2.45, 2.75) is 6.92 Å². The maximum atomic E-state index is 12.0. The Morgan fingerprint density at radius 2 is 1.89 bits per heavy atom. The second-order valence-corrected chi connectivity index (χ2v) is 6.31. The number of ether oxygens (including phenoxy) is 2. The Balaban J connectivity index is 1.88. The molecule has 0 spiro atoms. The van der Waals surface area contributed by atoms with Crippen molar-refractivity contribution < 1.29 is 23.9 Å². The van der Waals surface area contributed by atoms with Crippen LogP contribution in [0, 0.1) is 0 Å². The summed E-state index contributed by atoms with van der Waals surface area (Å²) in [7, 11) is 1.44. The average molecular weight is 448 g/mol. The molecular formula is C19H18BrN3O5. The molecule has 0 fully saturated rings. The van der Waals surface area contributed by atoms with Gasteiger partial charge in [-0.15, -0.1) is 0 Å². The van der Waals surface area contributed by atoms with Crippen molar-refractivity contribution in [1.29, 1.82) is 0 Å². The van der Waals surface area contributed by atoms with Crippen LogP contribution < -0.4 is 20.2 Å². The van der Waals surface area contributed by atoms with Gasteiger partial charge in [-0.1, -0.05) is 12.1 Å². The highest BCUT2D eigenvalue weighted by molar-refractivity contribution is 9.10. The zero-order valence-electron chi connectivity index (χ0n) is 15.2. The maximum Gasteiger partial charge on any atom is 0.308 e. The molecule has 0 saturated carbocycles. The Morgan fingerprint density at radius 3 is 2.57 bits per heavy atom. The quantitative estimate of drug-likeness (QED) is 0.293. The number of hydrogen-bond donors (Lipinski definition) is 2. The number of carbonyl (C=O) groups excluding carboxylic acids is 3. The number of rotatable bonds is 7. The molecule has 0 heterocycles. The first-order valence-corrected chi connectivity index (χ1v) is 8.91. The number of amides is 2. The third-order valence-corrected chi connectivity index (χ3v) is 4.06. The summed E-state index contributed by atoms with van der Waals surface area (Å²) in [5.41, 5.74) is 3.36. The summed E-state index contributed by atoms with van der Waals surface area (Å²) in [4.78, 5) is 34.9. The van der Waals surface area contributed by atoms with Gasteiger partial charge in [0, 0.05) is 11.4 Å². The fourth-order valence-corrected chi connectivity index (χ4v) is 2.59. The Labute approximate surface area is 170 Å². The van der Waals surface area contributed by atoms with Crippen LogP contribution in [-0.2, 0) is 9.59 Å². The van der Waals surface area contributed by atoms with Crippen LogP contribution in [0.25, 0.3) is 0 Å². The van der Waals surface area contributed by atoms with E-state index in [1.54, 1.807) is 42.5 Å². The lowest BCUT2D eigenvalue weighted by atomic mass is 10.2. The number of halogens is 1. The lowest BCUT2D eigenvalue weighted by Crippen LogP contribution is -2.35. The van der Waals surface area contributed by atoms with Gasteiger partial charge in [-0.05, 0) is 51.8 Å². The van der Waals surface area contributed by atoms with Crippen LogP contribution in [0.15, 0.2) is 52.0 Å². The minimum Gasteiger partial charge on any atom is -0.493 e. The van der Waals surface area contributed by atoms with Crippen molar-refractivity contribution in [3.05, 3.63) is 58.1 Å². The second kappa shape index (κ2) is 10.2. The number of methoxy groups -OCH3 is 1. The summed E-state index contributed by atoms with van der Waals surface area (Å²) in [6.45, 7) is 1.06. The first kappa shape index (κ1) is 21.1. The van der Waals surface area contributed by atoms with Gasteiger partial charge in [-0.2, -0.15) is 5.10 Å². The highest BCUT2D eigenvalue weighted by atomic mass is 79.9. The lowest BCUT2D eigenvalue weighted by molar-refractivity contribution is -0.132. The van der Waals surface area contributed by atoms with E-state index < -0.39 is 11.9 Å². The number of nitrogens with one attached hydrogen (secondary N) is 2. The fraction of sp³-hybridized carbons (Fsp3) is 0.158. The second-order valence-electron chi connectivity index (χ2n) is 5.46. The first-order chi connectivity index (χ1) is 13.4. The van der Waals surface area contributed by atoms with Crippen LogP contribution in [0.5, 0.6) is 11.5 Å². The molecular weight excluding hydrogens is 430 g/mol. The number of benzene rings is 2. The van der Waals surface area contributed by atoms with Gasteiger partial charge in [0.1, 0.15) is 0 Å². The van der Waals surface area contributed by atoms with Gasteiger partial charge in [0.05, 0.1) is 25.4 Å². The molecule has 0 unspecified atom stereocenters. The Morgan fingerprint density at radius 1 is 1.14 bits per heavy atom. The highest BCUT2D eigenvalue weighted by Gasteiger charge is 2.10. The van der Waals surface area contributed by atoms with Gasteiger partial charge >= 0.3 is 5.97 Å². The summed E-state index contributed by atoms with van der Waals surface area (Å²) in [6.07, 6.45) is 1.40. The molecule has 0 atom stereocenters. The Hall–Kier alpha value is -3.20. The molecule has 0 aromatic heterocycles. The standard InChI is InChI=1S/C19H18BrN3O5/c1-12(24)28-16-8-7-13(9-17(16)27-2)10-22-23-18(25)11-21-19(26)14-5-3-4-6-15(14)20/h3-10H,11H2,1-2H3,(H,21,26)(H,23,25)/b22-10-. The predicted molar refractivity (Wildman–Crippen MR) is 107 cm³/mol. The van der Waals surface area contributed by atoms with E-state index in [0.29, 0.717) is 21.3 Å². The number of hydrazone groups is 1. The number of nitrogens with zero attached hydrogens (tertiary/aromatic N) is 1. The summed E-state index contributed by atoms with van der Waals surface area (Å²) >= 11 is 3.28. The van der Waals surface area contributed by atoms with Crippen LogP contribution in [0.3, 0.4) is 0 Å². The van der Waals surface area contributed by atoms with Crippen molar-refractivity contribution in [3.63, 3.8) is 0 Å². The lowest BCUT2D eigenvalue weighted by Gasteiger charge is -2.08. The predicted octanol–water partition coefficient (Wildman–Crippen LogP) is 2.26. The molecule has 2 aromatic carbocycles. The zero-order chi connectivity index (χ0) is 20.5. The summed E-state index contributed by atoms with van der Waals surface area (Å²) in [5, 5.41) is 6.34. The molecule has 2 amide bonds. The minimum atomic E-state index is -0.486. The number of carbonyl (C=O) groups is 3. The topological polar surface area (TPSA) is 106 Å². The summed E-state index contributed by atoms with van der Waals surface area (Å²) < 4.78 is 10.8. The van der Waals surface area contributed by atoms with E-state index in [-0.39, 0.29) is 18.2 Å². The molecule has 0 saturated heterocycles. The molecule has 2 N–H and O–H groups in total. The molecule has 0 aliphatic heterocycles. The van der Waals surface area contributed by atoms with E-state index in [1.165, 1.54) is 20.2 Å². The van der Waals surface area contributed by atoms with Crippen molar-refractivity contribution >= 4 is 39.9 Å². The van der Waals surface area contributed by atoms with E-state index in [4.69, 9.17) is 9.47 Å². The smallest absolute Gasteiger partial charge is 0.308 e. The first-order valence-electron chi connectivity index (χ1n) is 8.11. The van der Waals surface area contributed by atoms with Crippen LogP contribution in [-0.4, -0.2) is 37.7 Å². The van der Waals surface area contributed by atoms with Crippen molar-refractivity contribution in [2.75, 3.05) is 13.7 Å². The van der Waals surface area contributed by atoms with Crippen LogP contribution in [0.1, 0.15) is 22.8 Å². The largest absolute Gasteiger partial charge is 0.493 e. The van der Waals surface area contributed by atoms with Crippen molar-refractivity contribution in [3.8, 4) is 11.5 Å². The normalized spacial score (nSPS) is 10.4. The summed E-state index contributed by atoms with van der Waals surface area (Å²) in [5.74, 6) is -0.689. The molecule has 0 aliphatic carbocycles. The Bertz CT molecular complexity index is 914. The van der Waals surface area contributed by atoms with Crippen LogP contribution >= 0.6 is 15.9 Å². The molecule has 2 rings (SSSR count). The molecule has 9 heteroatoms. The van der Waals surface area contributed by atoms with E-state index in [1.807, 2.05) is 0 Å². The van der Waals surface area contributed by atoms with Gasteiger partial charge in [0.25, 0.3) is 11.8 Å². The molecule has 0 radical (unpaired) electrons. The van der Waals surface area contributed by atoms with Gasteiger partial charge in [-0.25, -0.2) is 5.43 Å².